The minimum atomic E-state index is -4.15. The van der Waals surface area contributed by atoms with Gasteiger partial charge < -0.3 is 10.6 Å². The number of rotatable bonds is 5. The van der Waals surface area contributed by atoms with Crippen LogP contribution in [0.5, 0.6) is 0 Å². The topological polar surface area (TPSA) is 49.8 Å². The minimum Gasteiger partial charge on any atom is -0.370 e. The Labute approximate surface area is 91.3 Å². The molecule has 0 unspecified atom stereocenters. The number of nitrogens with zero attached hydrogens (tertiary/aromatic N) is 2. The molecule has 0 radical (unpaired) electrons. The van der Waals surface area contributed by atoms with E-state index >= 15 is 0 Å². The molecule has 16 heavy (non-hydrogen) atoms. The maximum Gasteiger partial charge on any atom is 0.390 e. The summed E-state index contributed by atoms with van der Waals surface area (Å²) in [6.07, 6.45) is -3.54. The van der Waals surface area contributed by atoms with E-state index in [-0.39, 0.29) is 6.54 Å². The van der Waals surface area contributed by atoms with Crippen LogP contribution in [-0.2, 0) is 0 Å². The van der Waals surface area contributed by atoms with Crippen LogP contribution < -0.4 is 10.6 Å². The van der Waals surface area contributed by atoms with Gasteiger partial charge in [0, 0.05) is 19.3 Å². The van der Waals surface area contributed by atoms with Crippen LogP contribution in [0.2, 0.25) is 0 Å². The van der Waals surface area contributed by atoms with Crippen molar-refractivity contribution in [1.29, 1.82) is 0 Å². The molecule has 0 bridgehead atoms. The zero-order chi connectivity index (χ0) is 12.0. The Kier molecular flexibility index (Phi) is 4.33. The van der Waals surface area contributed by atoms with Crippen molar-refractivity contribution in [2.24, 2.45) is 0 Å². The highest BCUT2D eigenvalue weighted by Crippen LogP contribution is 2.19. The molecule has 0 aliphatic rings. The van der Waals surface area contributed by atoms with Gasteiger partial charge >= 0.3 is 6.18 Å². The summed E-state index contributed by atoms with van der Waals surface area (Å²) in [5.74, 6) is 0.787. The van der Waals surface area contributed by atoms with Gasteiger partial charge in [-0.25, -0.2) is 4.98 Å². The molecule has 0 atom stereocenters. The third-order valence-corrected chi connectivity index (χ3v) is 1.71. The van der Waals surface area contributed by atoms with Crippen LogP contribution in [0.3, 0.4) is 0 Å². The molecule has 0 aromatic carbocycles. The lowest BCUT2D eigenvalue weighted by atomic mass is 10.4. The molecule has 90 valence electrons. The fourth-order valence-corrected chi connectivity index (χ4v) is 1.03. The van der Waals surface area contributed by atoms with Crippen LogP contribution in [0.1, 0.15) is 13.3 Å². The predicted molar refractivity (Wildman–Crippen MR) is 55.4 cm³/mol. The molecule has 7 heteroatoms. The van der Waals surface area contributed by atoms with Gasteiger partial charge in [0.15, 0.2) is 0 Å². The molecule has 0 aliphatic carbocycles. The van der Waals surface area contributed by atoms with E-state index < -0.39 is 12.6 Å². The fourth-order valence-electron chi connectivity index (χ4n) is 1.03. The Bertz CT molecular complexity index is 327. The monoisotopic (exact) mass is 234 g/mol. The summed E-state index contributed by atoms with van der Waals surface area (Å²) >= 11 is 0. The van der Waals surface area contributed by atoms with Gasteiger partial charge in [0.25, 0.3) is 0 Å². The molecule has 0 saturated carbocycles. The fraction of sp³-hybridized carbons (Fsp3) is 0.556. The number of halogens is 3. The Morgan fingerprint density at radius 1 is 1.31 bits per heavy atom. The van der Waals surface area contributed by atoms with Crippen molar-refractivity contribution in [1.82, 2.24) is 9.97 Å². The van der Waals surface area contributed by atoms with Crippen LogP contribution in [0.25, 0.3) is 0 Å². The largest absolute Gasteiger partial charge is 0.390 e. The van der Waals surface area contributed by atoms with E-state index in [1.165, 1.54) is 12.3 Å². The molecule has 1 rings (SSSR count). The highest BCUT2D eigenvalue weighted by molar-refractivity contribution is 5.39. The first-order chi connectivity index (χ1) is 7.51. The van der Waals surface area contributed by atoms with Gasteiger partial charge in [0.1, 0.15) is 5.82 Å². The summed E-state index contributed by atoms with van der Waals surface area (Å²) in [5.41, 5.74) is 0. The molecule has 4 nitrogen and oxygen atoms in total. The number of alkyl halides is 3. The smallest absolute Gasteiger partial charge is 0.370 e. The average molecular weight is 234 g/mol. The van der Waals surface area contributed by atoms with E-state index in [1.54, 1.807) is 0 Å². The summed E-state index contributed by atoms with van der Waals surface area (Å²) in [4.78, 5) is 7.88. The molecule has 0 spiro atoms. The minimum absolute atomic E-state index is 0.188. The number of hydrogen-bond donors (Lipinski definition) is 2. The van der Waals surface area contributed by atoms with Crippen molar-refractivity contribution in [3.8, 4) is 0 Å². The lowest BCUT2D eigenvalue weighted by Crippen LogP contribution is -2.15. The first-order valence-electron chi connectivity index (χ1n) is 4.89. The average Bonchev–Trinajstić information content (AvgIpc) is 2.17. The van der Waals surface area contributed by atoms with Crippen molar-refractivity contribution in [2.75, 3.05) is 23.7 Å². The highest BCUT2D eigenvalue weighted by atomic mass is 19.4. The number of anilines is 2. The number of hydrogen-bond acceptors (Lipinski definition) is 4. The Hall–Kier alpha value is -1.53. The summed E-state index contributed by atoms with van der Waals surface area (Å²) in [6.45, 7) is 2.35. The standard InChI is InChI=1S/C9H13F3N4/c1-2-13-8-15-5-3-7(16-8)14-6-4-9(10,11)12/h3,5H,2,4,6H2,1H3,(H2,13,14,15,16). The van der Waals surface area contributed by atoms with Crippen molar-refractivity contribution in [2.45, 2.75) is 19.5 Å². The van der Waals surface area contributed by atoms with Gasteiger partial charge in [-0.1, -0.05) is 0 Å². The zero-order valence-corrected chi connectivity index (χ0v) is 8.80. The van der Waals surface area contributed by atoms with E-state index in [9.17, 15) is 13.2 Å². The molecule has 0 amide bonds. The van der Waals surface area contributed by atoms with Crippen molar-refractivity contribution >= 4 is 11.8 Å². The van der Waals surface area contributed by atoms with E-state index in [2.05, 4.69) is 20.6 Å². The maximum atomic E-state index is 11.9. The summed E-state index contributed by atoms with van der Waals surface area (Å²) in [5, 5.41) is 5.46. The predicted octanol–water partition coefficient (Wildman–Crippen LogP) is 2.27. The first kappa shape index (κ1) is 12.5. The highest BCUT2D eigenvalue weighted by Gasteiger charge is 2.26. The van der Waals surface area contributed by atoms with Crippen LogP contribution in [0.4, 0.5) is 24.9 Å². The summed E-state index contributed by atoms with van der Waals surface area (Å²) in [7, 11) is 0. The molecular weight excluding hydrogens is 221 g/mol. The van der Waals surface area contributed by atoms with E-state index in [0.717, 1.165) is 0 Å². The SMILES string of the molecule is CCNc1nccc(NCCC(F)(F)F)n1. The quantitative estimate of drug-likeness (QED) is 0.820. The Balaban J connectivity index is 2.44. The first-order valence-corrected chi connectivity index (χ1v) is 4.89. The second kappa shape index (κ2) is 5.53. The second-order valence-electron chi connectivity index (χ2n) is 3.09. The van der Waals surface area contributed by atoms with E-state index in [4.69, 9.17) is 0 Å². The normalized spacial score (nSPS) is 11.2. The van der Waals surface area contributed by atoms with Crippen LogP contribution >= 0.6 is 0 Å². The zero-order valence-electron chi connectivity index (χ0n) is 8.80. The molecule has 0 saturated heterocycles. The van der Waals surface area contributed by atoms with Crippen molar-refractivity contribution < 1.29 is 13.2 Å². The van der Waals surface area contributed by atoms with Gasteiger partial charge in [-0.2, -0.15) is 18.2 Å². The molecule has 0 fully saturated rings. The second-order valence-corrected chi connectivity index (χ2v) is 3.09. The number of nitrogens with one attached hydrogen (secondary N) is 2. The lowest BCUT2D eigenvalue weighted by Gasteiger charge is -2.09. The van der Waals surface area contributed by atoms with E-state index in [0.29, 0.717) is 18.3 Å². The molecule has 2 N–H and O–H groups in total. The maximum absolute atomic E-state index is 11.9. The van der Waals surface area contributed by atoms with Crippen LogP contribution in [0, 0.1) is 0 Å². The van der Waals surface area contributed by atoms with Crippen molar-refractivity contribution in [3.63, 3.8) is 0 Å². The third kappa shape index (κ3) is 4.81. The molecule has 1 aromatic heterocycles. The van der Waals surface area contributed by atoms with Gasteiger partial charge in [-0.05, 0) is 13.0 Å². The lowest BCUT2D eigenvalue weighted by molar-refractivity contribution is -0.131. The molecular formula is C9H13F3N4. The Morgan fingerprint density at radius 3 is 2.69 bits per heavy atom. The van der Waals surface area contributed by atoms with Crippen LogP contribution in [0.15, 0.2) is 12.3 Å². The van der Waals surface area contributed by atoms with Crippen LogP contribution in [-0.4, -0.2) is 29.2 Å². The van der Waals surface area contributed by atoms with Gasteiger partial charge in [0.2, 0.25) is 5.95 Å². The van der Waals surface area contributed by atoms with Gasteiger partial charge in [-0.3, -0.25) is 0 Å². The van der Waals surface area contributed by atoms with E-state index in [1.807, 2.05) is 6.92 Å². The Morgan fingerprint density at radius 2 is 2.06 bits per heavy atom. The van der Waals surface area contributed by atoms with Crippen molar-refractivity contribution in [3.05, 3.63) is 12.3 Å². The molecule has 1 aromatic rings. The molecule has 1 heterocycles. The third-order valence-electron chi connectivity index (χ3n) is 1.71. The van der Waals surface area contributed by atoms with Gasteiger partial charge in [-0.15, -0.1) is 0 Å². The number of aromatic nitrogens is 2. The summed E-state index contributed by atoms with van der Waals surface area (Å²) in [6, 6.07) is 1.53. The van der Waals surface area contributed by atoms with Gasteiger partial charge in [0.05, 0.1) is 6.42 Å². The summed E-state index contributed by atoms with van der Waals surface area (Å²) < 4.78 is 35.6. The molecule has 0 aliphatic heterocycles.